The predicted octanol–water partition coefficient (Wildman–Crippen LogP) is 3.38. The number of amides is 1. The molecule has 1 fully saturated rings. The van der Waals surface area contributed by atoms with Crippen molar-refractivity contribution in [3.05, 3.63) is 17.8 Å². The Morgan fingerprint density at radius 2 is 1.62 bits per heavy atom. The van der Waals surface area contributed by atoms with Gasteiger partial charge >= 0.3 is 13.3 Å². The first kappa shape index (κ1) is 20.7. The Bertz CT molecular complexity index is 696. The van der Waals surface area contributed by atoms with Crippen LogP contribution in [0.3, 0.4) is 0 Å². The first-order valence-corrected chi connectivity index (χ1v) is 8.29. The second kappa shape index (κ2) is 6.23. The number of anilines is 1. The number of nitrogens with one attached hydrogen (secondary N) is 1. The van der Waals surface area contributed by atoms with Gasteiger partial charge in [-0.2, -0.15) is 13.2 Å². The lowest BCUT2D eigenvalue weighted by atomic mass is 9.78. The van der Waals surface area contributed by atoms with Crippen LogP contribution < -0.4 is 10.8 Å². The van der Waals surface area contributed by atoms with E-state index in [-0.39, 0.29) is 17.2 Å². The first-order chi connectivity index (χ1) is 11.5. The molecule has 0 aromatic carbocycles. The molecule has 1 aliphatic rings. The molecule has 0 aliphatic carbocycles. The summed E-state index contributed by atoms with van der Waals surface area (Å²) >= 11 is 0. The van der Waals surface area contributed by atoms with Crippen LogP contribution in [0.15, 0.2) is 12.3 Å². The maximum atomic E-state index is 13.1. The van der Waals surface area contributed by atoms with E-state index < -0.39 is 35.5 Å². The van der Waals surface area contributed by atoms with E-state index in [1.807, 2.05) is 0 Å². The van der Waals surface area contributed by atoms with Gasteiger partial charge in [-0.25, -0.2) is 4.98 Å². The summed E-state index contributed by atoms with van der Waals surface area (Å²) in [5, 5.41) is 2.58. The number of rotatable bonds is 2. The van der Waals surface area contributed by atoms with Gasteiger partial charge in [0.2, 0.25) is 5.91 Å². The quantitative estimate of drug-likeness (QED) is 0.809. The van der Waals surface area contributed by atoms with Crippen molar-refractivity contribution in [2.45, 2.75) is 65.8 Å². The van der Waals surface area contributed by atoms with Crippen molar-refractivity contribution in [1.29, 1.82) is 0 Å². The summed E-state index contributed by atoms with van der Waals surface area (Å²) in [6.07, 6.45) is -3.88. The van der Waals surface area contributed by atoms with E-state index in [4.69, 9.17) is 9.31 Å². The fourth-order valence-electron chi connectivity index (χ4n) is 2.19. The van der Waals surface area contributed by atoms with Gasteiger partial charge in [-0.3, -0.25) is 4.79 Å². The van der Waals surface area contributed by atoms with E-state index >= 15 is 0 Å². The summed E-state index contributed by atoms with van der Waals surface area (Å²) in [6, 6.07) is 0.910. The number of halogens is 3. The Hall–Kier alpha value is -1.61. The highest BCUT2D eigenvalue weighted by Crippen LogP contribution is 2.37. The Kier molecular flexibility index (Phi) is 4.96. The Labute approximate surface area is 151 Å². The normalized spacial score (nSPS) is 19.5. The molecule has 0 bridgehead atoms. The zero-order valence-corrected chi connectivity index (χ0v) is 16.0. The number of alkyl halides is 3. The standard InChI is InChI=1S/C17H24BF3N2O3/c1-14(2,3)13(24)23-12-11(8-10(9-22-12)17(19,20)21)18-25-15(4,5)16(6,7)26-18/h8-9H,1-7H3,(H,22,23,24). The lowest BCUT2D eigenvalue weighted by molar-refractivity contribution is -0.137. The zero-order chi connectivity index (χ0) is 20.1. The van der Waals surface area contributed by atoms with Crippen LogP contribution in [0, 0.1) is 5.41 Å². The van der Waals surface area contributed by atoms with Gasteiger partial charge in [0.25, 0.3) is 0 Å². The molecule has 1 N–H and O–H groups in total. The Balaban J connectivity index is 2.49. The number of carbonyl (C=O) groups is 1. The summed E-state index contributed by atoms with van der Waals surface area (Å²) < 4.78 is 51.1. The monoisotopic (exact) mass is 372 g/mol. The molecule has 5 nitrogen and oxygen atoms in total. The number of carbonyl (C=O) groups excluding carboxylic acids is 1. The second-order valence-electron chi connectivity index (χ2n) is 8.45. The average molecular weight is 372 g/mol. The lowest BCUT2D eigenvalue weighted by Crippen LogP contribution is -2.41. The fourth-order valence-corrected chi connectivity index (χ4v) is 2.19. The largest absolute Gasteiger partial charge is 0.498 e. The average Bonchev–Trinajstić information content (AvgIpc) is 2.65. The third-order valence-electron chi connectivity index (χ3n) is 4.66. The maximum Gasteiger partial charge on any atom is 0.498 e. The molecule has 2 rings (SSSR count). The van der Waals surface area contributed by atoms with Crippen LogP contribution in [-0.2, 0) is 20.3 Å². The topological polar surface area (TPSA) is 60.5 Å². The molecule has 0 atom stereocenters. The third-order valence-corrected chi connectivity index (χ3v) is 4.66. The maximum absolute atomic E-state index is 13.1. The smallest absolute Gasteiger partial charge is 0.399 e. The zero-order valence-electron chi connectivity index (χ0n) is 16.0. The van der Waals surface area contributed by atoms with E-state index in [0.717, 1.165) is 6.07 Å². The molecule has 1 aliphatic heterocycles. The fraction of sp³-hybridized carbons (Fsp3) is 0.647. The molecule has 1 aromatic rings. The molecular weight excluding hydrogens is 348 g/mol. The van der Waals surface area contributed by atoms with Crippen molar-refractivity contribution in [3.8, 4) is 0 Å². The summed E-state index contributed by atoms with van der Waals surface area (Å²) in [5.41, 5.74) is -3.11. The van der Waals surface area contributed by atoms with E-state index in [1.165, 1.54) is 0 Å². The van der Waals surface area contributed by atoms with Gasteiger partial charge in [0.05, 0.1) is 16.8 Å². The minimum Gasteiger partial charge on any atom is -0.399 e. The summed E-state index contributed by atoms with van der Waals surface area (Å²) in [7, 11) is -1.08. The van der Waals surface area contributed by atoms with Gasteiger partial charge in [-0.15, -0.1) is 0 Å². The SMILES string of the molecule is CC(C)(C)C(=O)Nc1ncc(C(F)(F)F)cc1B1OC(C)(C)C(C)(C)O1. The molecule has 26 heavy (non-hydrogen) atoms. The van der Waals surface area contributed by atoms with Crippen LogP contribution in [0.4, 0.5) is 19.0 Å². The van der Waals surface area contributed by atoms with Gasteiger partial charge in [-0.05, 0) is 33.8 Å². The van der Waals surface area contributed by atoms with Crippen LogP contribution in [0.2, 0.25) is 0 Å². The van der Waals surface area contributed by atoms with Gasteiger partial charge in [-0.1, -0.05) is 20.8 Å². The lowest BCUT2D eigenvalue weighted by Gasteiger charge is -2.32. The summed E-state index contributed by atoms with van der Waals surface area (Å²) in [6.45, 7) is 12.3. The highest BCUT2D eigenvalue weighted by molar-refractivity contribution is 6.64. The molecule has 2 heterocycles. The van der Waals surface area contributed by atoms with E-state index in [2.05, 4.69) is 10.3 Å². The third kappa shape index (κ3) is 4.04. The van der Waals surface area contributed by atoms with Gasteiger partial charge in [0.1, 0.15) is 5.82 Å². The molecule has 0 unspecified atom stereocenters. The van der Waals surface area contributed by atoms with Crippen molar-refractivity contribution in [2.24, 2.45) is 5.41 Å². The van der Waals surface area contributed by atoms with E-state index in [1.54, 1.807) is 48.5 Å². The van der Waals surface area contributed by atoms with Crippen LogP contribution >= 0.6 is 0 Å². The van der Waals surface area contributed by atoms with Crippen molar-refractivity contribution < 1.29 is 27.3 Å². The Morgan fingerprint density at radius 3 is 2.04 bits per heavy atom. The highest BCUT2D eigenvalue weighted by Gasteiger charge is 2.53. The molecule has 0 saturated carbocycles. The molecule has 0 radical (unpaired) electrons. The molecule has 0 spiro atoms. The van der Waals surface area contributed by atoms with Crippen molar-refractivity contribution >= 4 is 24.3 Å². The molecule has 1 amide bonds. The first-order valence-electron chi connectivity index (χ1n) is 8.29. The summed E-state index contributed by atoms with van der Waals surface area (Å²) in [4.78, 5) is 16.1. The van der Waals surface area contributed by atoms with Crippen LogP contribution in [0.5, 0.6) is 0 Å². The number of nitrogens with zero attached hydrogens (tertiary/aromatic N) is 1. The van der Waals surface area contributed by atoms with Crippen molar-refractivity contribution in [1.82, 2.24) is 4.98 Å². The van der Waals surface area contributed by atoms with Crippen molar-refractivity contribution in [2.75, 3.05) is 5.32 Å². The second-order valence-corrected chi connectivity index (χ2v) is 8.45. The number of hydrogen-bond donors (Lipinski definition) is 1. The molecule has 1 saturated heterocycles. The Morgan fingerprint density at radius 1 is 1.12 bits per heavy atom. The summed E-state index contributed by atoms with van der Waals surface area (Å²) in [5.74, 6) is -0.376. The van der Waals surface area contributed by atoms with Crippen molar-refractivity contribution in [3.63, 3.8) is 0 Å². The van der Waals surface area contributed by atoms with Crippen LogP contribution in [0.25, 0.3) is 0 Å². The van der Waals surface area contributed by atoms with Crippen LogP contribution in [-0.4, -0.2) is 29.2 Å². The predicted molar refractivity (Wildman–Crippen MR) is 93.0 cm³/mol. The number of pyridine rings is 1. The van der Waals surface area contributed by atoms with Gasteiger partial charge in [0.15, 0.2) is 0 Å². The minimum atomic E-state index is -4.57. The molecule has 1 aromatic heterocycles. The van der Waals surface area contributed by atoms with Crippen LogP contribution in [0.1, 0.15) is 54.0 Å². The minimum absolute atomic E-state index is 0.00331. The molecule has 144 valence electrons. The number of hydrogen-bond acceptors (Lipinski definition) is 4. The van der Waals surface area contributed by atoms with E-state index in [9.17, 15) is 18.0 Å². The van der Waals surface area contributed by atoms with Gasteiger partial charge < -0.3 is 14.6 Å². The van der Waals surface area contributed by atoms with Gasteiger partial charge in [0, 0.05) is 17.1 Å². The van der Waals surface area contributed by atoms with E-state index in [0.29, 0.717) is 6.20 Å². The number of aromatic nitrogens is 1. The molecule has 9 heteroatoms. The molecular formula is C17H24BF3N2O3. The highest BCUT2D eigenvalue weighted by atomic mass is 19.4.